The third-order valence-electron chi connectivity index (χ3n) is 3.94. The van der Waals surface area contributed by atoms with E-state index in [1.165, 1.54) is 44.1 Å². The highest BCUT2D eigenvalue weighted by Gasteiger charge is 2.36. The number of nitrogens with zero attached hydrogens (tertiary/aromatic N) is 2. The fraction of sp³-hybridized carbons (Fsp3) is 0.737. The van der Waals surface area contributed by atoms with Gasteiger partial charge in [0, 0.05) is 25.8 Å². The molecule has 1 aliphatic rings. The Hall–Kier alpha value is -0.930. The maximum atomic E-state index is 9.54. The third kappa shape index (κ3) is 7.90. The number of hydrogen-bond acceptors (Lipinski definition) is 3. The number of aromatic nitrogens is 1. The molecule has 126 valence electrons. The van der Waals surface area contributed by atoms with E-state index in [9.17, 15) is 5.11 Å². The van der Waals surface area contributed by atoms with E-state index >= 15 is 0 Å². The van der Waals surface area contributed by atoms with E-state index in [-0.39, 0.29) is 0 Å². The highest BCUT2D eigenvalue weighted by Crippen LogP contribution is 2.21. The minimum Gasteiger partial charge on any atom is -0.388 e. The lowest BCUT2D eigenvalue weighted by Gasteiger charge is -2.44. The predicted octanol–water partition coefficient (Wildman–Crippen LogP) is 4.32. The molecule has 0 spiro atoms. The molecule has 1 fully saturated rings. The van der Waals surface area contributed by atoms with Gasteiger partial charge in [-0.15, -0.1) is 0 Å². The lowest BCUT2D eigenvalue weighted by Crippen LogP contribution is -2.59. The summed E-state index contributed by atoms with van der Waals surface area (Å²) in [5, 5.41) is 9.54. The average Bonchev–Trinajstić information content (AvgIpc) is 2.45. The zero-order valence-electron chi connectivity index (χ0n) is 14.9. The Kier molecular flexibility index (Phi) is 8.66. The molecule has 0 aromatic carbocycles. The van der Waals surface area contributed by atoms with Gasteiger partial charge in [0.1, 0.15) is 0 Å². The average molecular weight is 306 g/mol. The van der Waals surface area contributed by atoms with Crippen molar-refractivity contribution in [1.82, 2.24) is 9.88 Å². The Morgan fingerprint density at radius 2 is 1.68 bits per heavy atom. The Balaban J connectivity index is 0.000000261. The van der Waals surface area contributed by atoms with Crippen LogP contribution in [-0.2, 0) is 6.54 Å². The van der Waals surface area contributed by atoms with Gasteiger partial charge in [-0.1, -0.05) is 58.4 Å². The molecule has 0 aliphatic carbocycles. The summed E-state index contributed by atoms with van der Waals surface area (Å²) in [5.41, 5.74) is 1.78. The van der Waals surface area contributed by atoms with Crippen LogP contribution in [0.4, 0.5) is 0 Å². The SMILES string of the molecule is CCCCCCCC.Cc1ccc(CN2CC(C)(O)C2)nc1. The van der Waals surface area contributed by atoms with E-state index in [0.29, 0.717) is 0 Å². The Labute approximate surface area is 136 Å². The molecule has 22 heavy (non-hydrogen) atoms. The van der Waals surface area contributed by atoms with Crippen LogP contribution in [-0.4, -0.2) is 33.7 Å². The van der Waals surface area contributed by atoms with E-state index in [1.54, 1.807) is 0 Å². The van der Waals surface area contributed by atoms with Gasteiger partial charge in [-0.2, -0.15) is 0 Å². The number of hydrogen-bond donors (Lipinski definition) is 1. The van der Waals surface area contributed by atoms with Crippen LogP contribution in [0, 0.1) is 6.92 Å². The minimum atomic E-state index is -0.481. The zero-order valence-corrected chi connectivity index (χ0v) is 14.9. The predicted molar refractivity (Wildman–Crippen MR) is 93.9 cm³/mol. The van der Waals surface area contributed by atoms with Crippen LogP contribution in [0.3, 0.4) is 0 Å². The molecule has 1 N–H and O–H groups in total. The van der Waals surface area contributed by atoms with Crippen LogP contribution in [0.5, 0.6) is 0 Å². The van der Waals surface area contributed by atoms with Crippen molar-refractivity contribution in [1.29, 1.82) is 0 Å². The van der Waals surface area contributed by atoms with Crippen molar-refractivity contribution in [2.24, 2.45) is 0 Å². The van der Waals surface area contributed by atoms with Gasteiger partial charge in [-0.3, -0.25) is 9.88 Å². The lowest BCUT2D eigenvalue weighted by molar-refractivity contribution is -0.0875. The van der Waals surface area contributed by atoms with Crippen molar-refractivity contribution in [3.8, 4) is 0 Å². The molecule has 0 bridgehead atoms. The summed E-state index contributed by atoms with van der Waals surface area (Å²) in [7, 11) is 0. The molecule has 1 aliphatic heterocycles. The van der Waals surface area contributed by atoms with Crippen molar-refractivity contribution < 1.29 is 5.11 Å². The van der Waals surface area contributed by atoms with E-state index in [1.807, 2.05) is 26.1 Å². The second kappa shape index (κ2) is 9.96. The highest BCUT2D eigenvalue weighted by atomic mass is 16.3. The molecule has 2 heterocycles. The molecular weight excluding hydrogens is 272 g/mol. The first kappa shape index (κ1) is 19.1. The number of pyridine rings is 1. The molecule has 1 aromatic heterocycles. The molecule has 0 amide bonds. The Bertz CT molecular complexity index is 386. The fourth-order valence-corrected chi connectivity index (χ4v) is 2.70. The molecule has 3 nitrogen and oxygen atoms in total. The van der Waals surface area contributed by atoms with E-state index in [0.717, 1.165) is 25.3 Å². The van der Waals surface area contributed by atoms with Crippen LogP contribution in [0.2, 0.25) is 0 Å². The second-order valence-electron chi connectivity index (χ2n) is 6.88. The normalized spacial score (nSPS) is 16.6. The summed E-state index contributed by atoms with van der Waals surface area (Å²) in [4.78, 5) is 6.52. The number of unbranched alkanes of at least 4 members (excludes halogenated alkanes) is 5. The van der Waals surface area contributed by atoms with Gasteiger partial charge in [0.15, 0.2) is 0 Å². The summed E-state index contributed by atoms with van der Waals surface area (Å²) >= 11 is 0. The standard InChI is InChI=1S/C11H16N2O.C8H18/c1-9-3-4-10(12-5-9)6-13-7-11(2,14)8-13;1-3-5-7-8-6-4-2/h3-5,14H,6-8H2,1-2H3;3-8H2,1-2H3. The molecule has 3 heteroatoms. The molecule has 0 radical (unpaired) electrons. The molecule has 0 atom stereocenters. The van der Waals surface area contributed by atoms with Crippen molar-refractivity contribution >= 4 is 0 Å². The molecule has 2 rings (SSSR count). The van der Waals surface area contributed by atoms with Gasteiger partial charge in [0.05, 0.1) is 11.3 Å². The van der Waals surface area contributed by atoms with Gasteiger partial charge >= 0.3 is 0 Å². The van der Waals surface area contributed by atoms with Gasteiger partial charge in [0.2, 0.25) is 0 Å². The van der Waals surface area contributed by atoms with E-state index in [4.69, 9.17) is 0 Å². The van der Waals surface area contributed by atoms with Gasteiger partial charge in [-0.05, 0) is 25.5 Å². The Morgan fingerprint density at radius 1 is 1.09 bits per heavy atom. The molecular formula is C19H34N2O. The van der Waals surface area contributed by atoms with Gasteiger partial charge in [-0.25, -0.2) is 0 Å². The highest BCUT2D eigenvalue weighted by molar-refractivity contribution is 5.12. The van der Waals surface area contributed by atoms with Crippen LogP contribution in [0.1, 0.15) is 70.6 Å². The van der Waals surface area contributed by atoms with Crippen LogP contribution < -0.4 is 0 Å². The maximum Gasteiger partial charge on any atom is 0.0872 e. The van der Waals surface area contributed by atoms with Crippen molar-refractivity contribution in [2.75, 3.05) is 13.1 Å². The van der Waals surface area contributed by atoms with Crippen LogP contribution in [0.15, 0.2) is 18.3 Å². The first-order valence-corrected chi connectivity index (χ1v) is 8.83. The van der Waals surface area contributed by atoms with Gasteiger partial charge < -0.3 is 5.11 Å². The number of β-amino-alcohol motifs (C(OH)–C–C–N with tert-alkyl or cyclic N) is 1. The van der Waals surface area contributed by atoms with Crippen molar-refractivity contribution in [3.05, 3.63) is 29.6 Å². The smallest absolute Gasteiger partial charge is 0.0872 e. The first-order valence-electron chi connectivity index (χ1n) is 8.83. The maximum absolute atomic E-state index is 9.54. The monoisotopic (exact) mass is 306 g/mol. The lowest BCUT2D eigenvalue weighted by atomic mass is 9.97. The largest absolute Gasteiger partial charge is 0.388 e. The molecule has 0 unspecified atom stereocenters. The van der Waals surface area contributed by atoms with Crippen molar-refractivity contribution in [2.45, 2.75) is 78.4 Å². The molecule has 1 saturated heterocycles. The van der Waals surface area contributed by atoms with E-state index in [2.05, 4.69) is 29.8 Å². The summed E-state index contributed by atoms with van der Waals surface area (Å²) in [6.45, 7) is 10.8. The van der Waals surface area contributed by atoms with Crippen LogP contribution in [0.25, 0.3) is 0 Å². The summed E-state index contributed by atoms with van der Waals surface area (Å²) in [5.74, 6) is 0. The first-order chi connectivity index (χ1) is 10.5. The third-order valence-corrected chi connectivity index (χ3v) is 3.94. The number of aliphatic hydroxyl groups is 1. The van der Waals surface area contributed by atoms with Crippen molar-refractivity contribution in [3.63, 3.8) is 0 Å². The second-order valence-corrected chi connectivity index (χ2v) is 6.88. The number of rotatable bonds is 7. The van der Waals surface area contributed by atoms with Gasteiger partial charge in [0.25, 0.3) is 0 Å². The Morgan fingerprint density at radius 3 is 2.09 bits per heavy atom. The topological polar surface area (TPSA) is 36.4 Å². The number of likely N-dealkylation sites (tertiary alicyclic amines) is 1. The minimum absolute atomic E-state index is 0.481. The summed E-state index contributed by atoms with van der Waals surface area (Å²) < 4.78 is 0. The molecule has 1 aromatic rings. The number of aryl methyl sites for hydroxylation is 1. The summed E-state index contributed by atoms with van der Waals surface area (Å²) in [6.07, 6.45) is 10.4. The van der Waals surface area contributed by atoms with E-state index < -0.39 is 5.60 Å². The summed E-state index contributed by atoms with van der Waals surface area (Å²) in [6, 6.07) is 4.11. The van der Waals surface area contributed by atoms with Crippen LogP contribution >= 0.6 is 0 Å². The quantitative estimate of drug-likeness (QED) is 0.762. The zero-order chi connectivity index (χ0) is 16.4. The fourth-order valence-electron chi connectivity index (χ4n) is 2.70. The molecule has 0 saturated carbocycles.